The number of ether oxygens (including phenoxy) is 1. The number of carbonyl (C=O) groups is 2. The van der Waals surface area contributed by atoms with E-state index in [0.29, 0.717) is 19.5 Å². The van der Waals surface area contributed by atoms with Gasteiger partial charge in [0.15, 0.2) is 5.13 Å². The highest BCUT2D eigenvalue weighted by atomic mass is 32.1. The highest BCUT2D eigenvalue weighted by molar-refractivity contribution is 7.14. The smallest absolute Gasteiger partial charge is 0.410 e. The number of nitrogens with zero attached hydrogens (tertiary/aromatic N) is 5. The molecule has 3 aromatic heterocycles. The van der Waals surface area contributed by atoms with Gasteiger partial charge >= 0.3 is 6.09 Å². The first-order chi connectivity index (χ1) is 19.5. The van der Waals surface area contributed by atoms with Gasteiger partial charge in [0.05, 0.1) is 11.4 Å². The highest BCUT2D eigenvalue weighted by Crippen LogP contribution is 2.36. The van der Waals surface area contributed by atoms with E-state index in [4.69, 9.17) is 20.4 Å². The van der Waals surface area contributed by atoms with Crippen molar-refractivity contribution in [3.05, 3.63) is 65.0 Å². The second-order valence-electron chi connectivity index (χ2n) is 11.4. The van der Waals surface area contributed by atoms with E-state index in [9.17, 15) is 14.0 Å². The molecule has 4 heterocycles. The molecule has 1 aliphatic heterocycles. The number of aryl methyl sites for hydroxylation is 1. The SMILES string of the molecule is CN(c1nc(-c2ccc(F)cc2)cs1)c1c(CCC(N)=O)nc2ccc(C3CCN(C(=O)OC(C)(C)C)CC3)cn12. The summed E-state index contributed by atoms with van der Waals surface area (Å²) in [6, 6.07) is 10.3. The lowest BCUT2D eigenvalue weighted by Gasteiger charge is -2.33. The van der Waals surface area contributed by atoms with Crippen LogP contribution in [0.5, 0.6) is 0 Å². The average molecular weight is 579 g/mol. The van der Waals surface area contributed by atoms with E-state index in [-0.39, 0.29) is 30.2 Å². The number of likely N-dealkylation sites (tertiary alicyclic amines) is 1. The lowest BCUT2D eigenvalue weighted by molar-refractivity contribution is -0.118. The summed E-state index contributed by atoms with van der Waals surface area (Å²) in [5, 5.41) is 2.68. The lowest BCUT2D eigenvalue weighted by Crippen LogP contribution is -2.41. The number of primary amides is 1. The van der Waals surface area contributed by atoms with Gasteiger partial charge in [0.1, 0.15) is 22.9 Å². The second kappa shape index (κ2) is 11.5. The summed E-state index contributed by atoms with van der Waals surface area (Å²) in [7, 11) is 1.93. The molecule has 0 saturated carbocycles. The number of fused-ring (bicyclic) bond motifs is 1. The Morgan fingerprint density at radius 2 is 1.83 bits per heavy atom. The van der Waals surface area contributed by atoms with Crippen molar-refractivity contribution in [1.29, 1.82) is 0 Å². The van der Waals surface area contributed by atoms with Gasteiger partial charge in [0.25, 0.3) is 0 Å². The van der Waals surface area contributed by atoms with Gasteiger partial charge in [-0.25, -0.2) is 19.2 Å². The maximum atomic E-state index is 13.4. The van der Waals surface area contributed by atoms with Crippen LogP contribution < -0.4 is 10.6 Å². The van der Waals surface area contributed by atoms with Gasteiger partial charge in [0.2, 0.25) is 5.91 Å². The van der Waals surface area contributed by atoms with Gasteiger partial charge in [-0.1, -0.05) is 6.07 Å². The summed E-state index contributed by atoms with van der Waals surface area (Å²) in [6.07, 6.45) is 4.06. The molecular formula is C30H35FN6O3S. The molecule has 0 atom stereocenters. The van der Waals surface area contributed by atoms with Crippen molar-refractivity contribution in [2.75, 3.05) is 25.0 Å². The van der Waals surface area contributed by atoms with Crippen LogP contribution in [0.4, 0.5) is 20.1 Å². The zero-order valence-corrected chi connectivity index (χ0v) is 24.6. The Kier molecular flexibility index (Phi) is 7.99. The minimum absolute atomic E-state index is 0.180. The Morgan fingerprint density at radius 1 is 1.12 bits per heavy atom. The molecular weight excluding hydrogens is 543 g/mol. The molecule has 9 nitrogen and oxygen atoms in total. The van der Waals surface area contributed by atoms with Crippen molar-refractivity contribution < 1.29 is 18.7 Å². The number of anilines is 2. The Balaban J connectivity index is 1.43. The number of amides is 2. The van der Waals surface area contributed by atoms with E-state index in [1.54, 1.807) is 17.0 Å². The Labute approximate surface area is 242 Å². The topological polar surface area (TPSA) is 106 Å². The van der Waals surface area contributed by atoms with E-state index >= 15 is 0 Å². The van der Waals surface area contributed by atoms with Crippen molar-refractivity contribution in [3.8, 4) is 11.3 Å². The summed E-state index contributed by atoms with van der Waals surface area (Å²) >= 11 is 1.47. The van der Waals surface area contributed by atoms with Crippen LogP contribution in [-0.2, 0) is 16.0 Å². The van der Waals surface area contributed by atoms with Gasteiger partial charge in [-0.05, 0) is 75.4 Å². The summed E-state index contributed by atoms with van der Waals surface area (Å²) in [5.74, 6) is 0.408. The zero-order chi connectivity index (χ0) is 29.3. The molecule has 1 aliphatic rings. The van der Waals surface area contributed by atoms with Gasteiger partial charge in [-0.3, -0.25) is 9.20 Å². The number of piperidine rings is 1. The van der Waals surface area contributed by atoms with Crippen LogP contribution in [0.1, 0.15) is 57.2 Å². The second-order valence-corrected chi connectivity index (χ2v) is 12.2. The van der Waals surface area contributed by atoms with E-state index < -0.39 is 5.60 Å². The summed E-state index contributed by atoms with van der Waals surface area (Å²) in [4.78, 5) is 37.6. The first-order valence-corrected chi connectivity index (χ1v) is 14.6. The molecule has 11 heteroatoms. The number of halogens is 1. The van der Waals surface area contributed by atoms with Gasteiger partial charge in [0, 0.05) is 50.1 Å². The largest absolute Gasteiger partial charge is 0.444 e. The number of thiazole rings is 1. The first-order valence-electron chi connectivity index (χ1n) is 13.7. The van der Waals surface area contributed by atoms with Crippen molar-refractivity contribution in [3.63, 3.8) is 0 Å². The molecule has 41 heavy (non-hydrogen) atoms. The van der Waals surface area contributed by atoms with Crippen LogP contribution in [-0.4, -0.2) is 57.0 Å². The van der Waals surface area contributed by atoms with Gasteiger partial charge in [-0.15, -0.1) is 11.3 Å². The van der Waals surface area contributed by atoms with Gasteiger partial charge < -0.3 is 20.3 Å². The predicted octanol–water partition coefficient (Wildman–Crippen LogP) is 5.90. The minimum atomic E-state index is -0.522. The van der Waals surface area contributed by atoms with Crippen molar-refractivity contribution >= 4 is 39.9 Å². The Hall–Kier alpha value is -3.99. The summed E-state index contributed by atoms with van der Waals surface area (Å²) < 4.78 is 21.0. The van der Waals surface area contributed by atoms with Crippen LogP contribution in [0, 0.1) is 5.82 Å². The Bertz CT molecular complexity index is 1550. The molecule has 2 N–H and O–H groups in total. The number of imidazole rings is 1. The van der Waals surface area contributed by atoms with Crippen LogP contribution in [0.3, 0.4) is 0 Å². The average Bonchev–Trinajstić information content (AvgIpc) is 3.56. The number of rotatable bonds is 7. The van der Waals surface area contributed by atoms with Crippen molar-refractivity contribution in [1.82, 2.24) is 19.3 Å². The number of hydrogen-bond acceptors (Lipinski definition) is 7. The molecule has 0 spiro atoms. The number of hydrogen-bond donors (Lipinski definition) is 1. The van der Waals surface area contributed by atoms with E-state index in [1.165, 1.54) is 23.5 Å². The van der Waals surface area contributed by atoms with Gasteiger partial charge in [-0.2, -0.15) is 0 Å². The third-order valence-corrected chi connectivity index (χ3v) is 8.07. The third kappa shape index (κ3) is 6.51. The van der Waals surface area contributed by atoms with E-state index in [0.717, 1.165) is 52.0 Å². The predicted molar refractivity (Wildman–Crippen MR) is 158 cm³/mol. The quantitative estimate of drug-likeness (QED) is 0.293. The number of benzene rings is 1. The maximum absolute atomic E-state index is 13.4. The molecule has 5 rings (SSSR count). The highest BCUT2D eigenvalue weighted by Gasteiger charge is 2.28. The number of carbonyl (C=O) groups excluding carboxylic acids is 2. The summed E-state index contributed by atoms with van der Waals surface area (Å²) in [6.45, 7) is 6.88. The summed E-state index contributed by atoms with van der Waals surface area (Å²) in [5.41, 5.74) is 9.20. The molecule has 1 aromatic carbocycles. The van der Waals surface area contributed by atoms with Crippen LogP contribution in [0.2, 0.25) is 0 Å². The minimum Gasteiger partial charge on any atom is -0.444 e. The van der Waals surface area contributed by atoms with Crippen LogP contribution in [0.25, 0.3) is 16.9 Å². The monoisotopic (exact) mass is 578 g/mol. The molecule has 0 unspecified atom stereocenters. The molecule has 0 bridgehead atoms. The first kappa shape index (κ1) is 28.5. The van der Waals surface area contributed by atoms with Crippen LogP contribution >= 0.6 is 11.3 Å². The number of aromatic nitrogens is 3. The number of nitrogens with two attached hydrogens (primary N) is 1. The standard InChI is InChI=1S/C30H35FN6O3S/c1-30(2,3)40-29(39)36-15-13-19(14-16-36)21-7-12-26-33-23(10-11-25(32)38)27(37(26)17-21)35(4)28-34-24(18-41-28)20-5-8-22(31)9-6-20/h5-9,12,17-19H,10-11,13-16H2,1-4H3,(H2,32,38). The third-order valence-electron chi connectivity index (χ3n) is 7.15. The number of pyridine rings is 1. The van der Waals surface area contributed by atoms with E-state index in [2.05, 4.69) is 12.3 Å². The molecule has 4 aromatic rings. The fourth-order valence-electron chi connectivity index (χ4n) is 5.09. The van der Waals surface area contributed by atoms with E-state index in [1.807, 2.05) is 48.6 Å². The van der Waals surface area contributed by atoms with Crippen molar-refractivity contribution in [2.24, 2.45) is 5.73 Å². The van der Waals surface area contributed by atoms with Crippen LogP contribution in [0.15, 0.2) is 48.0 Å². The maximum Gasteiger partial charge on any atom is 0.410 e. The molecule has 1 saturated heterocycles. The molecule has 0 aliphatic carbocycles. The fraction of sp³-hybridized carbons (Fsp3) is 0.400. The normalized spacial score (nSPS) is 14.4. The zero-order valence-electron chi connectivity index (χ0n) is 23.8. The lowest BCUT2D eigenvalue weighted by atomic mass is 9.90. The Morgan fingerprint density at radius 3 is 2.49 bits per heavy atom. The fourth-order valence-corrected chi connectivity index (χ4v) is 5.89. The molecule has 0 radical (unpaired) electrons. The molecule has 2 amide bonds. The van der Waals surface area contributed by atoms with Crippen molar-refractivity contribution in [2.45, 2.75) is 58.0 Å². The molecule has 216 valence electrons. The molecule has 1 fully saturated rings.